The van der Waals surface area contributed by atoms with Crippen LogP contribution in [0.3, 0.4) is 0 Å². The Balaban J connectivity index is 1.68. The average Bonchev–Trinajstić information content (AvgIpc) is 2.76. The molecule has 1 aromatic rings. The van der Waals surface area contributed by atoms with Crippen LogP contribution in [0.1, 0.15) is 55.3 Å². The third kappa shape index (κ3) is 3.09. The normalized spacial score (nSPS) is 33.0. The molecular formula is C16H21F3N2. The zero-order valence-corrected chi connectivity index (χ0v) is 11.9. The van der Waals surface area contributed by atoms with Crippen molar-refractivity contribution in [3.05, 3.63) is 35.4 Å². The molecule has 3 N–H and O–H groups in total. The molecule has 21 heavy (non-hydrogen) atoms. The highest BCUT2D eigenvalue weighted by Crippen LogP contribution is 2.41. The first kappa shape index (κ1) is 14.9. The Labute approximate surface area is 122 Å². The second kappa shape index (κ2) is 5.61. The van der Waals surface area contributed by atoms with Crippen molar-refractivity contribution in [1.29, 1.82) is 0 Å². The fourth-order valence-corrected chi connectivity index (χ4v) is 3.75. The van der Waals surface area contributed by atoms with Crippen LogP contribution >= 0.6 is 0 Å². The lowest BCUT2D eigenvalue weighted by Gasteiger charge is -2.33. The van der Waals surface area contributed by atoms with Gasteiger partial charge < -0.3 is 11.1 Å². The third-order valence-corrected chi connectivity index (χ3v) is 4.83. The topological polar surface area (TPSA) is 38.0 Å². The lowest BCUT2D eigenvalue weighted by Crippen LogP contribution is -2.40. The molecule has 1 aromatic carbocycles. The summed E-state index contributed by atoms with van der Waals surface area (Å²) in [5.74, 6) is -1.16. The van der Waals surface area contributed by atoms with Crippen LogP contribution in [0.5, 0.6) is 0 Å². The molecule has 1 saturated carbocycles. The second-order valence-electron chi connectivity index (χ2n) is 6.29. The number of halogens is 3. The minimum absolute atomic E-state index is 0.0132. The highest BCUT2D eigenvalue weighted by atomic mass is 19.4. The van der Waals surface area contributed by atoms with Gasteiger partial charge in [0.25, 0.3) is 0 Å². The molecule has 0 radical (unpaired) electrons. The van der Waals surface area contributed by atoms with Crippen molar-refractivity contribution in [1.82, 2.24) is 5.32 Å². The summed E-state index contributed by atoms with van der Waals surface area (Å²) in [6.07, 6.45) is -1.38. The van der Waals surface area contributed by atoms with Crippen LogP contribution in [0.4, 0.5) is 13.2 Å². The molecule has 0 aromatic heterocycles. The smallest absolute Gasteiger partial charge is 0.324 e. The number of benzene rings is 1. The summed E-state index contributed by atoms with van der Waals surface area (Å²) in [7, 11) is 0. The number of nitrogens with two attached hydrogens (primary N) is 1. The highest BCUT2D eigenvalue weighted by molar-refractivity contribution is 5.37. The Morgan fingerprint density at radius 1 is 1.05 bits per heavy atom. The van der Waals surface area contributed by atoms with Gasteiger partial charge in [0.2, 0.25) is 0 Å². The van der Waals surface area contributed by atoms with E-state index in [1.807, 2.05) is 24.3 Å². The van der Waals surface area contributed by atoms with Crippen molar-refractivity contribution in [3.63, 3.8) is 0 Å². The molecule has 0 saturated heterocycles. The van der Waals surface area contributed by atoms with Crippen LogP contribution in [0.2, 0.25) is 0 Å². The minimum atomic E-state index is -4.07. The Hall–Kier alpha value is -1.07. The molecule has 5 heteroatoms. The Morgan fingerprint density at radius 2 is 1.76 bits per heavy atom. The summed E-state index contributed by atoms with van der Waals surface area (Å²) in [6.45, 7) is 0. The van der Waals surface area contributed by atoms with Gasteiger partial charge in [0.05, 0.1) is 5.92 Å². The molecule has 2 aliphatic rings. The van der Waals surface area contributed by atoms with Crippen LogP contribution in [0.25, 0.3) is 0 Å². The van der Waals surface area contributed by atoms with E-state index in [0.29, 0.717) is 6.42 Å². The predicted octanol–water partition coefficient (Wildman–Crippen LogP) is 3.84. The van der Waals surface area contributed by atoms with E-state index in [0.717, 1.165) is 24.0 Å². The van der Waals surface area contributed by atoms with Gasteiger partial charge in [-0.05, 0) is 36.8 Å². The van der Waals surface area contributed by atoms with E-state index in [2.05, 4.69) is 5.32 Å². The highest BCUT2D eigenvalue weighted by Gasteiger charge is 2.42. The number of hydrogen-bond donors (Lipinski definition) is 2. The molecule has 2 nitrogen and oxygen atoms in total. The van der Waals surface area contributed by atoms with E-state index < -0.39 is 12.1 Å². The van der Waals surface area contributed by atoms with E-state index in [-0.39, 0.29) is 31.0 Å². The first-order valence-corrected chi connectivity index (χ1v) is 7.62. The summed E-state index contributed by atoms with van der Waals surface area (Å²) in [5, 5.41) is 3.43. The molecule has 1 fully saturated rings. The summed E-state index contributed by atoms with van der Waals surface area (Å²) in [6, 6.07) is 7.99. The third-order valence-electron chi connectivity index (χ3n) is 4.83. The van der Waals surface area contributed by atoms with Crippen LogP contribution in [-0.2, 0) is 0 Å². The summed E-state index contributed by atoms with van der Waals surface area (Å²) >= 11 is 0. The number of rotatable bonds is 2. The standard InChI is InChI=1S/C16H21F3N2/c17-16(18,19)10-4-3-5-11(8-10)21-15-9-14(20)12-6-1-2-7-13(12)15/h1-2,6-7,10-11,14-15,21H,3-5,8-9,20H2. The zero-order chi connectivity index (χ0) is 15.0. The van der Waals surface area contributed by atoms with E-state index in [1.165, 1.54) is 0 Å². The fraction of sp³-hybridized carbons (Fsp3) is 0.625. The van der Waals surface area contributed by atoms with Crippen LogP contribution in [0, 0.1) is 5.92 Å². The van der Waals surface area contributed by atoms with E-state index in [1.54, 1.807) is 0 Å². The van der Waals surface area contributed by atoms with Crippen molar-refractivity contribution < 1.29 is 13.2 Å². The van der Waals surface area contributed by atoms with Crippen molar-refractivity contribution in [2.24, 2.45) is 11.7 Å². The first-order chi connectivity index (χ1) is 9.95. The van der Waals surface area contributed by atoms with Crippen molar-refractivity contribution in [2.75, 3.05) is 0 Å². The van der Waals surface area contributed by atoms with Crippen LogP contribution in [0.15, 0.2) is 24.3 Å². The maximum absolute atomic E-state index is 12.9. The Kier molecular flexibility index (Phi) is 3.97. The predicted molar refractivity (Wildman–Crippen MR) is 75.7 cm³/mol. The molecule has 0 bridgehead atoms. The average molecular weight is 298 g/mol. The van der Waals surface area contributed by atoms with Crippen molar-refractivity contribution >= 4 is 0 Å². The second-order valence-corrected chi connectivity index (χ2v) is 6.29. The lowest BCUT2D eigenvalue weighted by molar-refractivity contribution is -0.183. The van der Waals surface area contributed by atoms with Gasteiger partial charge in [-0.25, -0.2) is 0 Å². The fourth-order valence-electron chi connectivity index (χ4n) is 3.75. The monoisotopic (exact) mass is 298 g/mol. The van der Waals surface area contributed by atoms with Crippen molar-refractivity contribution in [3.8, 4) is 0 Å². The largest absolute Gasteiger partial charge is 0.391 e. The molecule has 0 aliphatic heterocycles. The van der Waals surface area contributed by atoms with Gasteiger partial charge in [0.15, 0.2) is 0 Å². The molecule has 0 heterocycles. The number of alkyl halides is 3. The van der Waals surface area contributed by atoms with Gasteiger partial charge in [-0.1, -0.05) is 30.7 Å². The molecular weight excluding hydrogens is 277 g/mol. The Bertz CT molecular complexity index is 501. The maximum atomic E-state index is 12.9. The molecule has 2 aliphatic carbocycles. The minimum Gasteiger partial charge on any atom is -0.324 e. The summed E-state index contributed by atoms with van der Waals surface area (Å²) in [5.41, 5.74) is 8.39. The zero-order valence-electron chi connectivity index (χ0n) is 11.9. The van der Waals surface area contributed by atoms with Crippen molar-refractivity contribution in [2.45, 2.75) is 56.4 Å². The summed E-state index contributed by atoms with van der Waals surface area (Å²) < 4.78 is 38.6. The van der Waals surface area contributed by atoms with Gasteiger partial charge in [0, 0.05) is 18.1 Å². The molecule has 3 rings (SSSR count). The first-order valence-electron chi connectivity index (χ1n) is 7.62. The molecule has 4 unspecified atom stereocenters. The van der Waals surface area contributed by atoms with Crippen LogP contribution < -0.4 is 11.1 Å². The van der Waals surface area contributed by atoms with Gasteiger partial charge in [-0.15, -0.1) is 0 Å². The van der Waals surface area contributed by atoms with Crippen LogP contribution in [-0.4, -0.2) is 12.2 Å². The number of hydrogen-bond acceptors (Lipinski definition) is 2. The van der Waals surface area contributed by atoms with E-state index in [9.17, 15) is 13.2 Å². The van der Waals surface area contributed by atoms with E-state index in [4.69, 9.17) is 5.73 Å². The molecule has 4 atom stereocenters. The quantitative estimate of drug-likeness (QED) is 0.870. The number of fused-ring (bicyclic) bond motifs is 1. The Morgan fingerprint density at radius 3 is 2.48 bits per heavy atom. The van der Waals surface area contributed by atoms with Gasteiger partial charge >= 0.3 is 6.18 Å². The lowest BCUT2D eigenvalue weighted by atomic mass is 9.84. The van der Waals surface area contributed by atoms with Gasteiger partial charge in [0.1, 0.15) is 0 Å². The SMILES string of the molecule is NC1CC(NC2CCCC(C(F)(F)F)C2)c2ccccc21. The summed E-state index contributed by atoms with van der Waals surface area (Å²) in [4.78, 5) is 0. The van der Waals surface area contributed by atoms with E-state index >= 15 is 0 Å². The van der Waals surface area contributed by atoms with Gasteiger partial charge in [-0.2, -0.15) is 13.2 Å². The number of nitrogens with one attached hydrogen (secondary N) is 1. The molecule has 116 valence electrons. The molecule has 0 amide bonds. The maximum Gasteiger partial charge on any atom is 0.391 e. The molecule has 0 spiro atoms. The van der Waals surface area contributed by atoms with Gasteiger partial charge in [-0.3, -0.25) is 0 Å².